The molecule has 0 unspecified atom stereocenters. The number of nitrogens with one attached hydrogen (secondary N) is 1. The third kappa shape index (κ3) is 3.54. The van der Waals surface area contributed by atoms with Crippen LogP contribution in [0.1, 0.15) is 17.0 Å². The third-order valence-corrected chi connectivity index (χ3v) is 5.60. The Hall–Kier alpha value is -3.39. The Morgan fingerprint density at radius 1 is 1.10 bits per heavy atom. The van der Waals surface area contributed by atoms with Gasteiger partial charge >= 0.3 is 0 Å². The molecule has 29 heavy (non-hydrogen) atoms. The molecule has 1 N–H and O–H groups in total. The second-order valence-electron chi connectivity index (χ2n) is 6.81. The van der Waals surface area contributed by atoms with E-state index in [4.69, 9.17) is 0 Å². The van der Waals surface area contributed by atoms with Crippen molar-refractivity contribution < 1.29 is 4.79 Å². The number of hydrogen-bond donors (Lipinski definition) is 1. The van der Waals surface area contributed by atoms with E-state index in [0.29, 0.717) is 21.7 Å². The first kappa shape index (κ1) is 18.9. The number of pyridine rings is 1. The van der Waals surface area contributed by atoms with E-state index in [-0.39, 0.29) is 18.0 Å². The molecule has 0 saturated heterocycles. The molecule has 0 atom stereocenters. The largest absolute Gasteiger partial charge is 0.324 e. The van der Waals surface area contributed by atoms with Gasteiger partial charge in [0.1, 0.15) is 28.3 Å². The summed E-state index contributed by atoms with van der Waals surface area (Å²) in [6.45, 7) is 5.49. The molecule has 0 aliphatic rings. The van der Waals surface area contributed by atoms with Crippen LogP contribution >= 0.6 is 11.5 Å². The van der Waals surface area contributed by atoms with Crippen LogP contribution in [0.3, 0.4) is 0 Å². The van der Waals surface area contributed by atoms with Crippen molar-refractivity contribution in [1.82, 2.24) is 18.9 Å². The summed E-state index contributed by atoms with van der Waals surface area (Å²) in [6.07, 6.45) is 3.35. The van der Waals surface area contributed by atoms with Gasteiger partial charge in [-0.05, 0) is 55.6 Å². The molecule has 1 aromatic carbocycles. The topological polar surface area (TPSA) is 89.8 Å². The number of carbonyl (C=O) groups is 1. The van der Waals surface area contributed by atoms with E-state index in [0.717, 1.165) is 33.9 Å². The Balaban J connectivity index is 1.68. The highest BCUT2D eigenvalue weighted by Gasteiger charge is 2.18. The number of carbonyl (C=O) groups excluding carboxylic acids is 1. The summed E-state index contributed by atoms with van der Waals surface area (Å²) in [5.74, 6) is 0.197. The normalized spacial score (nSPS) is 11.0. The minimum absolute atomic E-state index is 0.107. The molecule has 0 aliphatic heterocycles. The fraction of sp³-hybridized carbons (Fsp3) is 0.190. The fourth-order valence-electron chi connectivity index (χ4n) is 3.24. The van der Waals surface area contributed by atoms with Crippen LogP contribution in [0, 0.1) is 20.8 Å². The zero-order valence-corrected chi connectivity index (χ0v) is 17.1. The van der Waals surface area contributed by atoms with E-state index in [9.17, 15) is 9.59 Å². The first-order valence-electron chi connectivity index (χ1n) is 9.09. The highest BCUT2D eigenvalue weighted by Crippen LogP contribution is 2.27. The van der Waals surface area contributed by atoms with Crippen molar-refractivity contribution in [3.63, 3.8) is 0 Å². The quantitative estimate of drug-likeness (QED) is 0.561. The molecule has 4 aromatic rings. The number of amides is 1. The first-order valence-corrected chi connectivity index (χ1v) is 9.86. The van der Waals surface area contributed by atoms with Gasteiger partial charge < -0.3 is 5.32 Å². The second-order valence-corrected chi connectivity index (χ2v) is 7.58. The molecular weight excluding hydrogens is 386 g/mol. The number of rotatable bonds is 4. The van der Waals surface area contributed by atoms with Gasteiger partial charge in [-0.1, -0.05) is 18.2 Å². The van der Waals surface area contributed by atoms with E-state index in [1.54, 1.807) is 19.3 Å². The molecule has 7 nitrogen and oxygen atoms in total. The average molecular weight is 405 g/mol. The predicted octanol–water partition coefficient (Wildman–Crippen LogP) is 3.48. The zero-order chi connectivity index (χ0) is 20.5. The maximum absolute atomic E-state index is 13.0. The molecular formula is C21H19N5O2S. The molecule has 1 amide bonds. The third-order valence-electron chi connectivity index (χ3n) is 4.77. The standard InChI is InChI=1S/C21H19N5O2S/c1-12-5-4-6-13(2)17(12)24-16(27)11-26-14(3)23-19-18(15-7-9-22-10-8-15)25-29-20(19)21(26)28/h4-10H,11H2,1-3H3,(H,24,27). The van der Waals surface area contributed by atoms with E-state index in [2.05, 4.69) is 19.7 Å². The van der Waals surface area contributed by atoms with Gasteiger partial charge in [0, 0.05) is 23.6 Å². The number of aromatic nitrogens is 4. The Kier molecular flexibility index (Phi) is 4.94. The maximum Gasteiger partial charge on any atom is 0.273 e. The van der Waals surface area contributed by atoms with Crippen molar-refractivity contribution in [1.29, 1.82) is 0 Å². The second kappa shape index (κ2) is 7.56. The lowest BCUT2D eigenvalue weighted by Gasteiger charge is -2.13. The summed E-state index contributed by atoms with van der Waals surface area (Å²) in [5.41, 5.74) is 4.51. The van der Waals surface area contributed by atoms with Crippen LogP contribution in [0.5, 0.6) is 0 Å². The number of hydrogen-bond acceptors (Lipinski definition) is 6. The van der Waals surface area contributed by atoms with Crippen LogP contribution in [0.25, 0.3) is 21.5 Å². The van der Waals surface area contributed by atoms with Crippen molar-refractivity contribution in [2.75, 3.05) is 5.32 Å². The number of para-hydroxylation sites is 1. The lowest BCUT2D eigenvalue weighted by Crippen LogP contribution is -2.30. The smallest absolute Gasteiger partial charge is 0.273 e. The Morgan fingerprint density at radius 3 is 2.48 bits per heavy atom. The van der Waals surface area contributed by atoms with Crippen molar-refractivity contribution in [2.45, 2.75) is 27.3 Å². The van der Waals surface area contributed by atoms with E-state index >= 15 is 0 Å². The molecule has 0 radical (unpaired) electrons. The summed E-state index contributed by atoms with van der Waals surface area (Å²) in [7, 11) is 0. The number of benzene rings is 1. The molecule has 0 saturated carbocycles. The molecule has 0 fully saturated rings. The van der Waals surface area contributed by atoms with E-state index < -0.39 is 0 Å². The number of anilines is 1. The molecule has 8 heteroatoms. The predicted molar refractivity (Wildman–Crippen MR) is 114 cm³/mol. The summed E-state index contributed by atoms with van der Waals surface area (Å²) >= 11 is 1.10. The summed E-state index contributed by atoms with van der Waals surface area (Å²) in [6, 6.07) is 9.47. The molecule has 146 valence electrons. The minimum Gasteiger partial charge on any atom is -0.324 e. The van der Waals surface area contributed by atoms with Crippen LogP contribution in [-0.2, 0) is 11.3 Å². The van der Waals surface area contributed by atoms with Crippen LogP contribution in [0.4, 0.5) is 5.69 Å². The number of aryl methyl sites for hydroxylation is 3. The van der Waals surface area contributed by atoms with Gasteiger partial charge in [-0.2, -0.15) is 4.37 Å². The fourth-order valence-corrected chi connectivity index (χ4v) is 4.03. The van der Waals surface area contributed by atoms with Gasteiger partial charge in [0.2, 0.25) is 5.91 Å². The van der Waals surface area contributed by atoms with Crippen LogP contribution in [0.2, 0.25) is 0 Å². The molecule has 0 bridgehead atoms. The highest BCUT2D eigenvalue weighted by molar-refractivity contribution is 7.13. The molecule has 0 aliphatic carbocycles. The lowest BCUT2D eigenvalue weighted by molar-refractivity contribution is -0.116. The van der Waals surface area contributed by atoms with Crippen molar-refractivity contribution in [3.8, 4) is 11.3 Å². The average Bonchev–Trinajstić information content (AvgIpc) is 3.12. The van der Waals surface area contributed by atoms with E-state index in [1.165, 1.54) is 4.57 Å². The van der Waals surface area contributed by atoms with Gasteiger partial charge in [0.15, 0.2) is 0 Å². The van der Waals surface area contributed by atoms with Gasteiger partial charge in [0.25, 0.3) is 5.56 Å². The lowest BCUT2D eigenvalue weighted by atomic mass is 10.1. The van der Waals surface area contributed by atoms with E-state index in [1.807, 2.05) is 44.2 Å². The van der Waals surface area contributed by atoms with Crippen LogP contribution < -0.4 is 10.9 Å². The molecule has 3 aromatic heterocycles. The Labute approximate surface area is 171 Å². The van der Waals surface area contributed by atoms with Gasteiger partial charge in [-0.15, -0.1) is 0 Å². The zero-order valence-electron chi connectivity index (χ0n) is 16.3. The molecule has 4 rings (SSSR count). The first-order chi connectivity index (χ1) is 14.0. The van der Waals surface area contributed by atoms with Crippen LogP contribution in [-0.4, -0.2) is 24.8 Å². The number of fused-ring (bicyclic) bond motifs is 1. The monoisotopic (exact) mass is 405 g/mol. The minimum atomic E-state index is -0.271. The summed E-state index contributed by atoms with van der Waals surface area (Å²) < 4.78 is 6.24. The van der Waals surface area contributed by atoms with Crippen LogP contribution in [0.15, 0.2) is 47.5 Å². The number of nitrogens with zero attached hydrogens (tertiary/aromatic N) is 4. The summed E-state index contributed by atoms with van der Waals surface area (Å²) in [5, 5.41) is 2.91. The van der Waals surface area contributed by atoms with Crippen molar-refractivity contribution in [3.05, 3.63) is 70.0 Å². The Bertz CT molecular complexity index is 1260. The summed E-state index contributed by atoms with van der Waals surface area (Å²) in [4.78, 5) is 34.2. The molecule has 0 spiro atoms. The maximum atomic E-state index is 13.0. The SMILES string of the molecule is Cc1cccc(C)c1NC(=O)Cn1c(C)nc2c(-c3ccncc3)nsc2c1=O. The Morgan fingerprint density at radius 2 is 1.79 bits per heavy atom. The molecule has 3 heterocycles. The van der Waals surface area contributed by atoms with Crippen molar-refractivity contribution >= 4 is 33.3 Å². The van der Waals surface area contributed by atoms with Gasteiger partial charge in [-0.25, -0.2) is 4.98 Å². The van der Waals surface area contributed by atoms with Crippen molar-refractivity contribution in [2.24, 2.45) is 0 Å². The highest BCUT2D eigenvalue weighted by atomic mass is 32.1. The van der Waals surface area contributed by atoms with Gasteiger partial charge in [-0.3, -0.25) is 19.1 Å². The van der Waals surface area contributed by atoms with Gasteiger partial charge in [0.05, 0.1) is 0 Å².